The second-order valence-corrected chi connectivity index (χ2v) is 12.3. The Morgan fingerprint density at radius 2 is 1.40 bits per heavy atom. The van der Waals surface area contributed by atoms with Gasteiger partial charge in [-0.1, -0.05) is 91.3 Å². The number of nitrogens with zero attached hydrogens (tertiary/aromatic N) is 2. The third-order valence-corrected chi connectivity index (χ3v) is 9.76. The molecule has 0 bridgehead atoms. The Morgan fingerprint density at radius 3 is 1.90 bits per heavy atom. The van der Waals surface area contributed by atoms with E-state index < -0.39 is 5.60 Å². The van der Waals surface area contributed by atoms with Gasteiger partial charge in [0.15, 0.2) is 0 Å². The van der Waals surface area contributed by atoms with Crippen LogP contribution in [-0.2, 0) is 15.8 Å². The van der Waals surface area contributed by atoms with Crippen LogP contribution in [0.15, 0.2) is 84.9 Å². The van der Waals surface area contributed by atoms with Crippen LogP contribution in [0.4, 0.5) is 0 Å². The maximum atomic E-state index is 11.9. The summed E-state index contributed by atoms with van der Waals surface area (Å²) >= 11 is 6.11. The summed E-state index contributed by atoms with van der Waals surface area (Å²) in [6, 6.07) is 29.3. The quantitative estimate of drug-likeness (QED) is 0.341. The number of nitrogens with two attached hydrogens (primary N) is 1. The van der Waals surface area contributed by atoms with Gasteiger partial charge in [-0.05, 0) is 67.3 Å². The zero-order valence-corrected chi connectivity index (χ0v) is 24.3. The Bertz CT molecular complexity index is 1200. The Balaban J connectivity index is 1.37. The van der Waals surface area contributed by atoms with Crippen LogP contribution in [0.25, 0.3) is 0 Å². The minimum atomic E-state index is -0.840. The highest BCUT2D eigenvalue weighted by atomic mass is 35.5. The monoisotopic (exact) mass is 559 g/mol. The van der Waals surface area contributed by atoms with Crippen LogP contribution in [0.1, 0.15) is 62.1 Å². The summed E-state index contributed by atoms with van der Waals surface area (Å²) in [5.41, 5.74) is 8.28. The van der Waals surface area contributed by atoms with Crippen LogP contribution in [0, 0.1) is 5.92 Å². The predicted octanol–water partition coefficient (Wildman–Crippen LogP) is 5.93. The number of hydrogen-bond acceptors (Lipinski definition) is 4. The molecular weight excluding hydrogens is 518 g/mol. The minimum absolute atomic E-state index is 0.0350. The van der Waals surface area contributed by atoms with E-state index in [1.165, 1.54) is 11.1 Å². The van der Waals surface area contributed by atoms with E-state index in [4.69, 9.17) is 17.3 Å². The van der Waals surface area contributed by atoms with Crippen LogP contribution >= 0.6 is 11.6 Å². The molecule has 0 radical (unpaired) electrons. The van der Waals surface area contributed by atoms with Gasteiger partial charge in [0.25, 0.3) is 0 Å². The summed E-state index contributed by atoms with van der Waals surface area (Å²) in [6.45, 7) is 5.72. The molecule has 3 N–H and O–H groups in total. The topological polar surface area (TPSA) is 69.8 Å². The molecule has 0 aromatic heterocycles. The highest BCUT2D eigenvalue weighted by Gasteiger charge is 2.40. The van der Waals surface area contributed by atoms with E-state index in [1.807, 2.05) is 24.3 Å². The van der Waals surface area contributed by atoms with Crippen LogP contribution in [0.3, 0.4) is 0 Å². The second-order valence-electron chi connectivity index (χ2n) is 11.9. The number of hydrogen-bond donors (Lipinski definition) is 2. The van der Waals surface area contributed by atoms with Crippen molar-refractivity contribution >= 4 is 17.5 Å². The largest absolute Gasteiger partial charge is 0.385 e. The normalized spacial score (nSPS) is 19.8. The van der Waals surface area contributed by atoms with Gasteiger partial charge in [-0.25, -0.2) is 0 Å². The van der Waals surface area contributed by atoms with E-state index >= 15 is 0 Å². The van der Waals surface area contributed by atoms with Gasteiger partial charge >= 0.3 is 0 Å². The molecule has 0 spiro atoms. The fourth-order valence-corrected chi connectivity index (χ4v) is 6.93. The average molecular weight is 560 g/mol. The van der Waals surface area contributed by atoms with Gasteiger partial charge < -0.3 is 10.8 Å². The number of aliphatic hydroxyl groups is 1. The maximum Gasteiger partial charge on any atom is 0.220 e. The summed E-state index contributed by atoms with van der Waals surface area (Å²) in [7, 11) is 0. The Kier molecular flexibility index (Phi) is 8.96. The SMILES string of the molecule is CC(CCC(N1CCC(C(N)=O)CC1)N1CCC(O)(c2ccc(Cl)cc2)CC1)(c1ccccc1)c1ccccc1. The van der Waals surface area contributed by atoms with Gasteiger partial charge in [-0.3, -0.25) is 14.6 Å². The molecule has 0 aliphatic carbocycles. The molecule has 1 atom stereocenters. The molecule has 2 saturated heterocycles. The van der Waals surface area contributed by atoms with Crippen molar-refractivity contribution in [3.63, 3.8) is 0 Å². The molecule has 5 nitrogen and oxygen atoms in total. The van der Waals surface area contributed by atoms with Crippen molar-refractivity contribution in [3.8, 4) is 0 Å². The first-order valence-corrected chi connectivity index (χ1v) is 15.0. The molecule has 1 amide bonds. The van der Waals surface area contributed by atoms with Crippen LogP contribution in [0.2, 0.25) is 5.02 Å². The molecule has 5 rings (SSSR count). The van der Waals surface area contributed by atoms with E-state index in [2.05, 4.69) is 77.4 Å². The number of amides is 1. The molecule has 2 heterocycles. The minimum Gasteiger partial charge on any atom is -0.385 e. The smallest absolute Gasteiger partial charge is 0.220 e. The van der Waals surface area contributed by atoms with E-state index in [9.17, 15) is 9.90 Å². The number of halogens is 1. The highest BCUT2D eigenvalue weighted by Crippen LogP contribution is 2.40. The van der Waals surface area contributed by atoms with Crippen molar-refractivity contribution in [1.82, 2.24) is 9.80 Å². The first-order valence-electron chi connectivity index (χ1n) is 14.7. The van der Waals surface area contributed by atoms with E-state index in [0.29, 0.717) is 17.9 Å². The lowest BCUT2D eigenvalue weighted by Gasteiger charge is -2.48. The molecule has 3 aromatic rings. The van der Waals surface area contributed by atoms with Crippen LogP contribution < -0.4 is 5.73 Å². The summed E-state index contributed by atoms with van der Waals surface area (Å²) in [5.74, 6) is -0.213. The molecule has 2 aliphatic rings. The van der Waals surface area contributed by atoms with E-state index in [0.717, 1.165) is 57.4 Å². The van der Waals surface area contributed by atoms with Gasteiger partial charge in [0.1, 0.15) is 0 Å². The molecule has 0 saturated carbocycles. The first-order chi connectivity index (χ1) is 19.3. The van der Waals surface area contributed by atoms with Crippen molar-refractivity contribution in [2.24, 2.45) is 11.7 Å². The molecule has 1 unspecified atom stereocenters. The van der Waals surface area contributed by atoms with Crippen molar-refractivity contribution in [2.45, 2.75) is 62.6 Å². The second kappa shape index (κ2) is 12.4. The van der Waals surface area contributed by atoms with Crippen molar-refractivity contribution in [1.29, 1.82) is 0 Å². The fraction of sp³-hybridized carbons (Fsp3) is 0.441. The first kappa shape index (κ1) is 28.8. The standard InChI is InChI=1S/C34H42ClN3O2/c1-33(27-8-4-2-5-9-27,28-10-6-3-7-11-28)19-16-31(37-22-17-26(18-23-37)32(36)39)38-24-20-34(40,21-25-38)29-12-14-30(35)15-13-29/h2-15,26,31,40H,16-25H2,1H3,(H2,36,39). The van der Waals surface area contributed by atoms with E-state index in [1.54, 1.807) is 0 Å². The lowest BCUT2D eigenvalue weighted by atomic mass is 9.72. The van der Waals surface area contributed by atoms with Gasteiger partial charge in [-0.2, -0.15) is 0 Å². The molecule has 212 valence electrons. The predicted molar refractivity (Wildman–Crippen MR) is 162 cm³/mol. The highest BCUT2D eigenvalue weighted by molar-refractivity contribution is 6.30. The molecular formula is C34H42ClN3O2. The van der Waals surface area contributed by atoms with Crippen molar-refractivity contribution in [3.05, 3.63) is 107 Å². The van der Waals surface area contributed by atoms with Gasteiger partial charge in [0.05, 0.1) is 11.8 Å². The Labute approximate surface area is 243 Å². The molecule has 2 fully saturated rings. The van der Waals surface area contributed by atoms with Crippen molar-refractivity contribution < 1.29 is 9.90 Å². The summed E-state index contributed by atoms with van der Waals surface area (Å²) < 4.78 is 0. The number of carbonyl (C=O) groups is 1. The summed E-state index contributed by atoms with van der Waals surface area (Å²) in [6.07, 6.45) is 5.18. The number of rotatable bonds is 9. The number of likely N-dealkylation sites (tertiary alicyclic amines) is 2. The number of piperidine rings is 2. The molecule has 6 heteroatoms. The zero-order valence-electron chi connectivity index (χ0n) is 23.5. The van der Waals surface area contributed by atoms with Gasteiger partial charge in [0.2, 0.25) is 5.91 Å². The molecule has 3 aromatic carbocycles. The Hall–Kier alpha value is -2.70. The lowest BCUT2D eigenvalue weighted by Crippen LogP contribution is -2.56. The third-order valence-electron chi connectivity index (χ3n) is 9.51. The number of benzene rings is 3. The summed E-state index contributed by atoms with van der Waals surface area (Å²) in [5, 5.41) is 12.2. The van der Waals surface area contributed by atoms with Gasteiger partial charge in [-0.15, -0.1) is 0 Å². The summed E-state index contributed by atoms with van der Waals surface area (Å²) in [4.78, 5) is 17.0. The number of carbonyl (C=O) groups excluding carboxylic acids is 1. The number of primary amides is 1. The third kappa shape index (κ3) is 6.28. The lowest BCUT2D eigenvalue weighted by molar-refractivity contribution is -0.124. The van der Waals surface area contributed by atoms with Crippen LogP contribution in [-0.4, -0.2) is 53.2 Å². The zero-order chi connectivity index (χ0) is 28.2. The van der Waals surface area contributed by atoms with E-state index in [-0.39, 0.29) is 23.4 Å². The van der Waals surface area contributed by atoms with Gasteiger partial charge in [0, 0.05) is 42.5 Å². The molecule has 40 heavy (non-hydrogen) atoms. The van der Waals surface area contributed by atoms with Crippen molar-refractivity contribution in [2.75, 3.05) is 26.2 Å². The Morgan fingerprint density at radius 1 is 0.900 bits per heavy atom. The maximum absolute atomic E-state index is 11.9. The molecule has 2 aliphatic heterocycles. The van der Waals surface area contributed by atoms with Crippen LogP contribution in [0.5, 0.6) is 0 Å². The fourth-order valence-electron chi connectivity index (χ4n) is 6.80. The average Bonchev–Trinajstić information content (AvgIpc) is 2.99.